The van der Waals surface area contributed by atoms with E-state index in [0.29, 0.717) is 12.1 Å². The van der Waals surface area contributed by atoms with E-state index in [2.05, 4.69) is 10.6 Å². The van der Waals surface area contributed by atoms with Gasteiger partial charge in [0.25, 0.3) is 0 Å². The van der Waals surface area contributed by atoms with Crippen molar-refractivity contribution < 1.29 is 14.3 Å². The highest BCUT2D eigenvalue weighted by atomic mass is 16.5. The number of carbonyl (C=O) groups is 2. The van der Waals surface area contributed by atoms with Crippen LogP contribution in [0.15, 0.2) is 48.5 Å². The van der Waals surface area contributed by atoms with Gasteiger partial charge in [0.05, 0.1) is 7.11 Å². The van der Waals surface area contributed by atoms with E-state index in [4.69, 9.17) is 4.74 Å². The number of carbonyl (C=O) groups excluding carboxylic acids is 2. The molecule has 2 N–H and O–H groups in total. The van der Waals surface area contributed by atoms with Crippen LogP contribution in [0.25, 0.3) is 0 Å². The minimum Gasteiger partial charge on any atom is -0.497 e. The number of benzene rings is 2. The third kappa shape index (κ3) is 4.14. The van der Waals surface area contributed by atoms with Gasteiger partial charge in [0.1, 0.15) is 11.8 Å². The summed E-state index contributed by atoms with van der Waals surface area (Å²) in [7, 11) is 1.60. The fraction of sp³-hybridized carbons (Fsp3) is 0.300. The molecule has 1 fully saturated rings. The van der Waals surface area contributed by atoms with Gasteiger partial charge in [0, 0.05) is 30.0 Å². The molecular formula is C20H23N3O3. The first-order valence-electron chi connectivity index (χ1n) is 8.69. The van der Waals surface area contributed by atoms with Crippen molar-refractivity contribution in [2.45, 2.75) is 25.8 Å². The average Bonchev–Trinajstić information content (AvgIpc) is 3.09. The Labute approximate surface area is 153 Å². The topological polar surface area (TPSA) is 70.7 Å². The van der Waals surface area contributed by atoms with Gasteiger partial charge in [-0.2, -0.15) is 0 Å². The summed E-state index contributed by atoms with van der Waals surface area (Å²) >= 11 is 0. The third-order valence-corrected chi connectivity index (χ3v) is 4.39. The van der Waals surface area contributed by atoms with Crippen molar-refractivity contribution in [3.8, 4) is 5.75 Å². The van der Waals surface area contributed by atoms with E-state index in [9.17, 15) is 9.59 Å². The van der Waals surface area contributed by atoms with Crippen molar-refractivity contribution in [1.82, 2.24) is 0 Å². The van der Waals surface area contributed by atoms with E-state index in [1.165, 1.54) is 0 Å². The average molecular weight is 353 g/mol. The first-order valence-corrected chi connectivity index (χ1v) is 8.69. The highest BCUT2D eigenvalue weighted by molar-refractivity contribution is 5.97. The van der Waals surface area contributed by atoms with Gasteiger partial charge in [-0.3, -0.25) is 9.59 Å². The Morgan fingerprint density at radius 3 is 2.31 bits per heavy atom. The van der Waals surface area contributed by atoms with Crippen molar-refractivity contribution in [2.24, 2.45) is 0 Å². The second-order valence-electron chi connectivity index (χ2n) is 6.28. The van der Waals surface area contributed by atoms with Crippen LogP contribution in [-0.4, -0.2) is 31.5 Å². The molecule has 0 aromatic heterocycles. The Hall–Kier alpha value is -3.02. The van der Waals surface area contributed by atoms with Crippen molar-refractivity contribution >= 4 is 28.9 Å². The van der Waals surface area contributed by atoms with Crippen molar-refractivity contribution in [2.75, 3.05) is 29.2 Å². The number of rotatable bonds is 6. The predicted molar refractivity (Wildman–Crippen MR) is 103 cm³/mol. The number of hydrogen-bond donors (Lipinski definition) is 2. The molecule has 0 bridgehead atoms. The van der Waals surface area contributed by atoms with E-state index in [-0.39, 0.29) is 11.8 Å². The van der Waals surface area contributed by atoms with Crippen molar-refractivity contribution in [3.05, 3.63) is 48.5 Å². The number of ether oxygens (including phenoxy) is 1. The number of methoxy groups -OCH3 is 1. The smallest absolute Gasteiger partial charge is 0.246 e. The molecule has 136 valence electrons. The van der Waals surface area contributed by atoms with E-state index < -0.39 is 6.04 Å². The summed E-state index contributed by atoms with van der Waals surface area (Å²) in [6.07, 6.45) is 1.52. The van der Waals surface area contributed by atoms with Crippen LogP contribution >= 0.6 is 0 Å². The van der Waals surface area contributed by atoms with Crippen LogP contribution in [0.3, 0.4) is 0 Å². The first kappa shape index (κ1) is 17.8. The van der Waals surface area contributed by atoms with Gasteiger partial charge >= 0.3 is 0 Å². The van der Waals surface area contributed by atoms with Crippen molar-refractivity contribution in [3.63, 3.8) is 0 Å². The molecular weight excluding hydrogens is 330 g/mol. The number of nitrogens with one attached hydrogen (secondary N) is 2. The lowest BCUT2D eigenvalue weighted by Crippen LogP contribution is -2.31. The van der Waals surface area contributed by atoms with Crippen LogP contribution in [0.2, 0.25) is 0 Å². The van der Waals surface area contributed by atoms with E-state index in [0.717, 1.165) is 30.1 Å². The second-order valence-corrected chi connectivity index (χ2v) is 6.28. The SMILES string of the molecule is COc1ccc(NC(=O)C(C)Nc2ccc(N3CCCC3=O)cc2)cc1. The van der Waals surface area contributed by atoms with Gasteiger partial charge in [-0.25, -0.2) is 0 Å². The highest BCUT2D eigenvalue weighted by Gasteiger charge is 2.21. The molecule has 0 aliphatic carbocycles. The first-order chi connectivity index (χ1) is 12.6. The summed E-state index contributed by atoms with van der Waals surface area (Å²) < 4.78 is 5.10. The van der Waals surface area contributed by atoms with Crippen LogP contribution in [-0.2, 0) is 9.59 Å². The zero-order valence-electron chi connectivity index (χ0n) is 15.0. The minimum atomic E-state index is -0.406. The molecule has 0 saturated carbocycles. The van der Waals surface area contributed by atoms with Gasteiger partial charge in [-0.1, -0.05) is 0 Å². The number of anilines is 3. The molecule has 1 saturated heterocycles. The fourth-order valence-corrected chi connectivity index (χ4v) is 2.90. The Kier molecular flexibility index (Phi) is 5.41. The molecule has 1 atom stereocenters. The van der Waals surface area contributed by atoms with Crippen LogP contribution in [0.5, 0.6) is 5.75 Å². The fourth-order valence-electron chi connectivity index (χ4n) is 2.90. The lowest BCUT2D eigenvalue weighted by Gasteiger charge is -2.18. The maximum Gasteiger partial charge on any atom is 0.246 e. The van der Waals surface area contributed by atoms with Crippen LogP contribution in [0, 0.1) is 0 Å². The second kappa shape index (κ2) is 7.91. The molecule has 1 aliphatic heterocycles. The summed E-state index contributed by atoms with van der Waals surface area (Å²) in [5.41, 5.74) is 2.44. The van der Waals surface area contributed by atoms with Gasteiger partial charge < -0.3 is 20.3 Å². The molecule has 0 radical (unpaired) electrons. The summed E-state index contributed by atoms with van der Waals surface area (Å²) in [4.78, 5) is 25.9. The lowest BCUT2D eigenvalue weighted by atomic mass is 10.2. The monoisotopic (exact) mass is 353 g/mol. The molecule has 3 rings (SSSR count). The third-order valence-electron chi connectivity index (χ3n) is 4.39. The molecule has 0 spiro atoms. The maximum absolute atomic E-state index is 12.3. The van der Waals surface area contributed by atoms with Crippen molar-refractivity contribution in [1.29, 1.82) is 0 Å². The predicted octanol–water partition coefficient (Wildman–Crippen LogP) is 3.26. The number of amides is 2. The summed E-state index contributed by atoms with van der Waals surface area (Å²) in [5.74, 6) is 0.776. The molecule has 2 amide bonds. The largest absolute Gasteiger partial charge is 0.497 e. The Morgan fingerprint density at radius 1 is 1.08 bits per heavy atom. The molecule has 1 aliphatic rings. The van der Waals surface area contributed by atoms with Gasteiger partial charge in [0.15, 0.2) is 0 Å². The Balaban J connectivity index is 1.57. The number of hydrogen-bond acceptors (Lipinski definition) is 4. The quantitative estimate of drug-likeness (QED) is 0.836. The van der Waals surface area contributed by atoms with Crippen LogP contribution in [0.4, 0.5) is 17.1 Å². The molecule has 26 heavy (non-hydrogen) atoms. The molecule has 2 aromatic carbocycles. The van der Waals surface area contributed by atoms with E-state index in [1.54, 1.807) is 43.2 Å². The van der Waals surface area contributed by atoms with Gasteiger partial charge in [-0.05, 0) is 61.9 Å². The highest BCUT2D eigenvalue weighted by Crippen LogP contribution is 2.23. The molecule has 1 heterocycles. The summed E-state index contributed by atoms with van der Waals surface area (Å²) in [6.45, 7) is 2.57. The van der Waals surface area contributed by atoms with Crippen LogP contribution in [0.1, 0.15) is 19.8 Å². The Bertz CT molecular complexity index is 772. The van der Waals surface area contributed by atoms with Gasteiger partial charge in [-0.15, -0.1) is 0 Å². The molecule has 6 nitrogen and oxygen atoms in total. The van der Waals surface area contributed by atoms with E-state index >= 15 is 0 Å². The van der Waals surface area contributed by atoms with E-state index in [1.807, 2.05) is 24.3 Å². The summed E-state index contributed by atoms with van der Waals surface area (Å²) in [6, 6.07) is 14.4. The lowest BCUT2D eigenvalue weighted by molar-refractivity contribution is -0.117. The number of nitrogens with zero attached hydrogens (tertiary/aromatic N) is 1. The maximum atomic E-state index is 12.3. The molecule has 1 unspecified atom stereocenters. The van der Waals surface area contributed by atoms with Gasteiger partial charge in [0.2, 0.25) is 11.8 Å². The zero-order chi connectivity index (χ0) is 18.5. The standard InChI is InChI=1S/C20H23N3O3/c1-14(20(25)22-16-7-11-18(26-2)12-8-16)21-15-5-9-17(10-6-15)23-13-3-4-19(23)24/h5-12,14,21H,3-4,13H2,1-2H3,(H,22,25). The normalized spacial score (nSPS) is 14.8. The molecule has 2 aromatic rings. The molecule has 6 heteroatoms. The van der Waals surface area contributed by atoms with Crippen LogP contribution < -0.4 is 20.3 Å². The summed E-state index contributed by atoms with van der Waals surface area (Å²) in [5, 5.41) is 6.04. The minimum absolute atomic E-state index is 0.131. The zero-order valence-corrected chi connectivity index (χ0v) is 15.0. The Morgan fingerprint density at radius 2 is 1.73 bits per heavy atom.